The number of rotatable bonds is 7. The number of nitrogens with one attached hydrogen (secondary N) is 1. The SMILES string of the molecule is CCN(CC(=O)NC(C)(C)C)CC(=O)N(CC)c1ccccc1. The number of likely N-dealkylation sites (N-methyl/N-ethyl adjacent to an activating group) is 2. The molecule has 1 rings (SSSR count). The van der Waals surface area contributed by atoms with E-state index in [1.807, 2.05) is 69.9 Å². The maximum Gasteiger partial charge on any atom is 0.241 e. The number of para-hydroxylation sites is 1. The van der Waals surface area contributed by atoms with Gasteiger partial charge in [-0.05, 0) is 46.4 Å². The molecule has 0 heterocycles. The van der Waals surface area contributed by atoms with E-state index in [2.05, 4.69) is 5.32 Å². The van der Waals surface area contributed by atoms with Gasteiger partial charge >= 0.3 is 0 Å². The van der Waals surface area contributed by atoms with Gasteiger partial charge in [-0.15, -0.1) is 0 Å². The Hall–Kier alpha value is -1.88. The fourth-order valence-electron chi connectivity index (χ4n) is 2.33. The van der Waals surface area contributed by atoms with Crippen LogP contribution >= 0.6 is 0 Å². The maximum atomic E-state index is 12.6. The molecule has 5 heteroatoms. The smallest absolute Gasteiger partial charge is 0.241 e. The lowest BCUT2D eigenvalue weighted by Gasteiger charge is -2.27. The standard InChI is InChI=1S/C18H29N3O2/c1-6-20(13-16(22)19-18(3,4)5)14-17(23)21(7-2)15-11-9-8-10-12-15/h8-12H,6-7,13-14H2,1-5H3,(H,19,22). The lowest BCUT2D eigenvalue weighted by Crippen LogP contribution is -2.48. The molecule has 5 nitrogen and oxygen atoms in total. The van der Waals surface area contributed by atoms with Gasteiger partial charge < -0.3 is 10.2 Å². The number of anilines is 1. The highest BCUT2D eigenvalue weighted by molar-refractivity contribution is 5.95. The van der Waals surface area contributed by atoms with Gasteiger partial charge in [0, 0.05) is 17.8 Å². The summed E-state index contributed by atoms with van der Waals surface area (Å²) < 4.78 is 0. The molecule has 0 aliphatic rings. The molecular weight excluding hydrogens is 290 g/mol. The molecule has 1 aromatic rings. The van der Waals surface area contributed by atoms with Crippen LogP contribution in [0.4, 0.5) is 5.69 Å². The largest absolute Gasteiger partial charge is 0.350 e. The normalized spacial score (nSPS) is 11.4. The first-order valence-corrected chi connectivity index (χ1v) is 8.15. The average Bonchev–Trinajstić information content (AvgIpc) is 2.46. The number of carbonyl (C=O) groups is 2. The van der Waals surface area contributed by atoms with Crippen molar-refractivity contribution in [3.63, 3.8) is 0 Å². The minimum Gasteiger partial charge on any atom is -0.350 e. The second-order valence-electron chi connectivity index (χ2n) is 6.57. The van der Waals surface area contributed by atoms with Gasteiger partial charge in [-0.2, -0.15) is 0 Å². The Morgan fingerprint density at radius 2 is 1.61 bits per heavy atom. The van der Waals surface area contributed by atoms with Crippen molar-refractivity contribution >= 4 is 17.5 Å². The van der Waals surface area contributed by atoms with E-state index in [9.17, 15) is 9.59 Å². The molecule has 0 fully saturated rings. The van der Waals surface area contributed by atoms with Crippen LogP contribution in [0.5, 0.6) is 0 Å². The molecule has 0 saturated carbocycles. The molecule has 0 saturated heterocycles. The first kappa shape index (κ1) is 19.2. The summed E-state index contributed by atoms with van der Waals surface area (Å²) in [5, 5.41) is 2.93. The van der Waals surface area contributed by atoms with Crippen molar-refractivity contribution in [3.05, 3.63) is 30.3 Å². The Bertz CT molecular complexity index is 509. The zero-order valence-corrected chi connectivity index (χ0v) is 14.9. The summed E-state index contributed by atoms with van der Waals surface area (Å²) >= 11 is 0. The van der Waals surface area contributed by atoms with E-state index >= 15 is 0 Å². The second kappa shape index (κ2) is 8.67. The zero-order chi connectivity index (χ0) is 17.5. The third-order valence-corrected chi connectivity index (χ3v) is 3.37. The van der Waals surface area contributed by atoms with Gasteiger partial charge in [0.15, 0.2) is 0 Å². The summed E-state index contributed by atoms with van der Waals surface area (Å²) in [6.07, 6.45) is 0. The van der Waals surface area contributed by atoms with Gasteiger partial charge in [0.2, 0.25) is 11.8 Å². The molecule has 2 amide bonds. The number of benzene rings is 1. The predicted molar refractivity (Wildman–Crippen MR) is 94.5 cm³/mol. The number of hydrogen-bond acceptors (Lipinski definition) is 3. The lowest BCUT2D eigenvalue weighted by molar-refractivity contribution is -0.125. The van der Waals surface area contributed by atoms with E-state index in [0.717, 1.165) is 5.69 Å². The van der Waals surface area contributed by atoms with E-state index in [4.69, 9.17) is 0 Å². The Balaban J connectivity index is 2.66. The Labute approximate surface area is 139 Å². The van der Waals surface area contributed by atoms with E-state index in [1.54, 1.807) is 4.90 Å². The van der Waals surface area contributed by atoms with E-state index in [0.29, 0.717) is 13.1 Å². The van der Waals surface area contributed by atoms with Crippen molar-refractivity contribution in [1.82, 2.24) is 10.2 Å². The molecule has 128 valence electrons. The highest BCUT2D eigenvalue weighted by atomic mass is 16.2. The highest BCUT2D eigenvalue weighted by Gasteiger charge is 2.20. The molecule has 23 heavy (non-hydrogen) atoms. The van der Waals surface area contributed by atoms with Gasteiger partial charge in [-0.1, -0.05) is 25.1 Å². The number of amides is 2. The van der Waals surface area contributed by atoms with Crippen LogP contribution in [0, 0.1) is 0 Å². The van der Waals surface area contributed by atoms with Crippen LogP contribution in [0.25, 0.3) is 0 Å². The molecule has 1 N–H and O–H groups in total. The maximum absolute atomic E-state index is 12.6. The van der Waals surface area contributed by atoms with Crippen LogP contribution in [0.3, 0.4) is 0 Å². The lowest BCUT2D eigenvalue weighted by atomic mass is 10.1. The van der Waals surface area contributed by atoms with Crippen LogP contribution in [-0.4, -0.2) is 48.4 Å². The molecular formula is C18H29N3O2. The van der Waals surface area contributed by atoms with Crippen LogP contribution in [-0.2, 0) is 9.59 Å². The number of hydrogen-bond donors (Lipinski definition) is 1. The Morgan fingerprint density at radius 3 is 2.09 bits per heavy atom. The van der Waals surface area contributed by atoms with E-state index in [1.165, 1.54) is 0 Å². The summed E-state index contributed by atoms with van der Waals surface area (Å²) in [5.74, 6) is -0.0565. The quantitative estimate of drug-likeness (QED) is 0.839. The average molecular weight is 319 g/mol. The zero-order valence-electron chi connectivity index (χ0n) is 14.9. The number of carbonyl (C=O) groups excluding carboxylic acids is 2. The van der Waals surface area contributed by atoms with Crippen molar-refractivity contribution in [3.8, 4) is 0 Å². The van der Waals surface area contributed by atoms with Gasteiger partial charge in [-0.25, -0.2) is 0 Å². The van der Waals surface area contributed by atoms with Gasteiger partial charge in [0.25, 0.3) is 0 Å². The van der Waals surface area contributed by atoms with Crippen LogP contribution < -0.4 is 10.2 Å². The van der Waals surface area contributed by atoms with Crippen LogP contribution in [0.1, 0.15) is 34.6 Å². The summed E-state index contributed by atoms with van der Waals surface area (Å²) in [7, 11) is 0. The molecule has 0 aromatic heterocycles. The van der Waals surface area contributed by atoms with E-state index < -0.39 is 0 Å². The minimum atomic E-state index is -0.264. The van der Waals surface area contributed by atoms with Gasteiger partial charge in [0.05, 0.1) is 13.1 Å². The fraction of sp³-hybridized carbons (Fsp3) is 0.556. The third kappa shape index (κ3) is 6.82. The first-order chi connectivity index (χ1) is 10.8. The van der Waals surface area contributed by atoms with Gasteiger partial charge in [0.1, 0.15) is 0 Å². The van der Waals surface area contributed by atoms with Crippen molar-refractivity contribution in [2.75, 3.05) is 31.1 Å². The summed E-state index contributed by atoms with van der Waals surface area (Å²) in [5.41, 5.74) is 0.621. The monoisotopic (exact) mass is 319 g/mol. The van der Waals surface area contributed by atoms with Crippen LogP contribution in [0.2, 0.25) is 0 Å². The first-order valence-electron chi connectivity index (χ1n) is 8.15. The highest BCUT2D eigenvalue weighted by Crippen LogP contribution is 2.13. The topological polar surface area (TPSA) is 52.7 Å². The third-order valence-electron chi connectivity index (χ3n) is 3.37. The van der Waals surface area contributed by atoms with Crippen molar-refractivity contribution in [2.45, 2.75) is 40.2 Å². The van der Waals surface area contributed by atoms with Crippen molar-refractivity contribution < 1.29 is 9.59 Å². The van der Waals surface area contributed by atoms with Gasteiger partial charge in [-0.3, -0.25) is 14.5 Å². The molecule has 0 unspecified atom stereocenters. The summed E-state index contributed by atoms with van der Waals surface area (Å²) in [6.45, 7) is 11.5. The summed E-state index contributed by atoms with van der Waals surface area (Å²) in [6, 6.07) is 9.60. The molecule has 1 aromatic carbocycles. The Morgan fingerprint density at radius 1 is 1.00 bits per heavy atom. The summed E-state index contributed by atoms with van der Waals surface area (Å²) in [4.78, 5) is 28.2. The molecule has 0 spiro atoms. The van der Waals surface area contributed by atoms with Crippen LogP contribution in [0.15, 0.2) is 30.3 Å². The molecule has 0 atom stereocenters. The fourth-order valence-corrected chi connectivity index (χ4v) is 2.33. The minimum absolute atomic E-state index is 0.00380. The molecule has 0 bridgehead atoms. The number of nitrogens with zero attached hydrogens (tertiary/aromatic N) is 2. The molecule has 0 aliphatic carbocycles. The predicted octanol–water partition coefficient (Wildman–Crippen LogP) is 2.28. The van der Waals surface area contributed by atoms with Crippen molar-refractivity contribution in [1.29, 1.82) is 0 Å². The van der Waals surface area contributed by atoms with E-state index in [-0.39, 0.29) is 30.4 Å². The molecule has 0 radical (unpaired) electrons. The van der Waals surface area contributed by atoms with Crippen molar-refractivity contribution in [2.24, 2.45) is 0 Å². The Kier molecular flexibility index (Phi) is 7.23. The second-order valence-corrected chi connectivity index (χ2v) is 6.57. The molecule has 0 aliphatic heterocycles.